The number of rotatable bonds is 0. The van der Waals surface area contributed by atoms with Gasteiger partial charge in [-0.3, -0.25) is 0 Å². The van der Waals surface area contributed by atoms with E-state index in [0.717, 1.165) is 0 Å². The fraction of sp³-hybridized carbons (Fsp3) is 0. The molecule has 64 valence electrons. The summed E-state index contributed by atoms with van der Waals surface area (Å²) in [6.45, 7) is 0. The predicted molar refractivity (Wildman–Crippen MR) is 44.6 cm³/mol. The van der Waals surface area contributed by atoms with Crippen LogP contribution in [-0.2, 0) is 0 Å². The number of benzene rings is 1. The smallest absolute Gasteiger partial charge is 0.175 e. The van der Waals surface area contributed by atoms with Crippen LogP contribution < -0.4 is 0 Å². The van der Waals surface area contributed by atoms with Crippen molar-refractivity contribution in [3.8, 4) is 11.8 Å². The van der Waals surface area contributed by atoms with Crippen molar-refractivity contribution in [3.05, 3.63) is 29.7 Å². The minimum atomic E-state index is -0.754. The Hall–Kier alpha value is -2.02. The molecule has 1 heterocycles. The van der Waals surface area contributed by atoms with Gasteiger partial charge >= 0.3 is 0 Å². The number of aromatic amines is 1. The molecule has 1 aromatic heterocycles. The third-order valence-electron chi connectivity index (χ3n) is 1.88. The Bertz CT molecular complexity index is 510. The molecule has 0 radical (unpaired) electrons. The highest BCUT2D eigenvalue weighted by Crippen LogP contribution is 2.27. The average molecular weight is 176 g/mol. The topological polar surface area (TPSA) is 59.8 Å². The number of nitrogens with one attached hydrogen (secondary N) is 1. The molecule has 0 aliphatic rings. The summed E-state index contributed by atoms with van der Waals surface area (Å²) in [7, 11) is 0. The molecular weight excluding hydrogens is 171 g/mol. The quantitative estimate of drug-likeness (QED) is 0.643. The van der Waals surface area contributed by atoms with Crippen molar-refractivity contribution in [2.75, 3.05) is 0 Å². The van der Waals surface area contributed by atoms with E-state index in [4.69, 9.17) is 10.4 Å². The third kappa shape index (κ3) is 0.942. The predicted octanol–water partition coefficient (Wildman–Crippen LogP) is 1.88. The molecule has 2 aromatic rings. The Balaban J connectivity index is 2.95. The van der Waals surface area contributed by atoms with Gasteiger partial charge in [-0.2, -0.15) is 5.26 Å². The first kappa shape index (κ1) is 7.62. The Morgan fingerprint density at radius 3 is 2.92 bits per heavy atom. The van der Waals surface area contributed by atoms with Crippen LogP contribution in [0.25, 0.3) is 10.9 Å². The summed E-state index contributed by atoms with van der Waals surface area (Å²) < 4.78 is 13.3. The van der Waals surface area contributed by atoms with Crippen molar-refractivity contribution in [1.29, 1.82) is 5.26 Å². The number of phenolic OH excluding ortho intramolecular Hbond substituents is 1. The first-order valence-corrected chi connectivity index (χ1v) is 3.62. The van der Waals surface area contributed by atoms with Crippen LogP contribution in [0.3, 0.4) is 0 Å². The average Bonchev–Trinajstić information content (AvgIpc) is 2.55. The fourth-order valence-electron chi connectivity index (χ4n) is 1.26. The summed E-state index contributed by atoms with van der Waals surface area (Å²) in [5.41, 5.74) is 0.704. The van der Waals surface area contributed by atoms with Gasteiger partial charge in [0.2, 0.25) is 0 Å². The van der Waals surface area contributed by atoms with Gasteiger partial charge in [-0.1, -0.05) is 0 Å². The first-order chi connectivity index (χ1) is 6.24. The third-order valence-corrected chi connectivity index (χ3v) is 1.88. The number of aromatic hydroxyl groups is 1. The molecule has 1 aromatic carbocycles. The molecule has 2 rings (SSSR count). The first-order valence-electron chi connectivity index (χ1n) is 3.62. The maximum Gasteiger partial charge on any atom is 0.175 e. The molecule has 0 aliphatic carbocycles. The van der Waals surface area contributed by atoms with Gasteiger partial charge in [0.1, 0.15) is 6.07 Å². The molecule has 0 unspecified atom stereocenters. The maximum absolute atomic E-state index is 13.3. The lowest BCUT2D eigenvalue weighted by Gasteiger charge is -1.95. The summed E-state index contributed by atoms with van der Waals surface area (Å²) in [6.07, 6.45) is 1.41. The van der Waals surface area contributed by atoms with Crippen molar-refractivity contribution in [2.45, 2.75) is 0 Å². The van der Waals surface area contributed by atoms with E-state index in [1.165, 1.54) is 18.3 Å². The van der Waals surface area contributed by atoms with Crippen LogP contribution >= 0.6 is 0 Å². The van der Waals surface area contributed by atoms with Gasteiger partial charge in [0, 0.05) is 11.7 Å². The molecular formula is C9H5FN2O. The SMILES string of the molecule is N#Cc1c[nH]c2ccc(O)c(F)c12. The lowest BCUT2D eigenvalue weighted by atomic mass is 10.1. The van der Waals surface area contributed by atoms with Gasteiger partial charge in [0.05, 0.1) is 10.9 Å². The molecule has 0 bridgehead atoms. The van der Waals surface area contributed by atoms with Crippen LogP contribution in [0.5, 0.6) is 5.75 Å². The van der Waals surface area contributed by atoms with E-state index >= 15 is 0 Å². The van der Waals surface area contributed by atoms with Crippen molar-refractivity contribution in [2.24, 2.45) is 0 Å². The zero-order chi connectivity index (χ0) is 9.42. The summed E-state index contributed by atoms with van der Waals surface area (Å²) in [6, 6.07) is 4.60. The highest BCUT2D eigenvalue weighted by atomic mass is 19.1. The van der Waals surface area contributed by atoms with Crippen LogP contribution in [0.15, 0.2) is 18.3 Å². The van der Waals surface area contributed by atoms with Crippen molar-refractivity contribution >= 4 is 10.9 Å². The van der Waals surface area contributed by atoms with Crippen molar-refractivity contribution < 1.29 is 9.50 Å². The number of nitrogens with zero attached hydrogens (tertiary/aromatic N) is 1. The van der Waals surface area contributed by atoms with E-state index in [0.29, 0.717) is 5.52 Å². The number of nitriles is 1. The molecule has 2 N–H and O–H groups in total. The molecule has 0 atom stereocenters. The minimum Gasteiger partial charge on any atom is -0.505 e. The minimum absolute atomic E-state index is 0.141. The standard InChI is InChI=1S/C9H5FN2O/c10-9-7(13)2-1-6-8(9)5(3-11)4-12-6/h1-2,4,12-13H. The van der Waals surface area contributed by atoms with Gasteiger partial charge in [0.25, 0.3) is 0 Å². The fourth-order valence-corrected chi connectivity index (χ4v) is 1.26. The summed E-state index contributed by atoms with van der Waals surface area (Å²) in [4.78, 5) is 2.73. The summed E-state index contributed by atoms with van der Waals surface area (Å²) in [5, 5.41) is 17.8. The Morgan fingerprint density at radius 1 is 1.46 bits per heavy atom. The van der Waals surface area contributed by atoms with E-state index < -0.39 is 11.6 Å². The van der Waals surface area contributed by atoms with Crippen molar-refractivity contribution in [3.63, 3.8) is 0 Å². The second-order valence-electron chi connectivity index (χ2n) is 2.64. The second-order valence-corrected chi connectivity index (χ2v) is 2.64. The summed E-state index contributed by atoms with van der Waals surface area (Å²) in [5.74, 6) is -1.20. The molecule has 0 saturated heterocycles. The molecule has 0 spiro atoms. The van der Waals surface area contributed by atoms with Gasteiger partial charge in [0.15, 0.2) is 11.6 Å². The molecule has 4 heteroatoms. The number of hydrogen-bond donors (Lipinski definition) is 2. The zero-order valence-electron chi connectivity index (χ0n) is 6.50. The summed E-state index contributed by atoms with van der Waals surface area (Å²) >= 11 is 0. The maximum atomic E-state index is 13.3. The van der Waals surface area contributed by atoms with Gasteiger partial charge in [-0.05, 0) is 12.1 Å². The number of hydrogen-bond acceptors (Lipinski definition) is 2. The van der Waals surface area contributed by atoms with Crippen LogP contribution in [0.2, 0.25) is 0 Å². The normalized spacial score (nSPS) is 10.2. The van der Waals surface area contributed by atoms with Crippen LogP contribution in [-0.4, -0.2) is 10.1 Å². The van der Waals surface area contributed by atoms with Gasteiger partial charge < -0.3 is 10.1 Å². The number of phenols is 1. The van der Waals surface area contributed by atoms with E-state index in [9.17, 15) is 4.39 Å². The van der Waals surface area contributed by atoms with E-state index in [-0.39, 0.29) is 10.9 Å². The van der Waals surface area contributed by atoms with E-state index in [1.807, 2.05) is 6.07 Å². The second kappa shape index (κ2) is 2.49. The van der Waals surface area contributed by atoms with Gasteiger partial charge in [-0.15, -0.1) is 0 Å². The van der Waals surface area contributed by atoms with E-state index in [2.05, 4.69) is 4.98 Å². The molecule has 0 fully saturated rings. The van der Waals surface area contributed by atoms with Crippen molar-refractivity contribution in [1.82, 2.24) is 4.98 Å². The monoisotopic (exact) mass is 176 g/mol. The van der Waals surface area contributed by atoms with Crippen LogP contribution in [0.4, 0.5) is 4.39 Å². The molecule has 3 nitrogen and oxygen atoms in total. The highest BCUT2D eigenvalue weighted by Gasteiger charge is 2.11. The molecule has 0 aliphatic heterocycles. The molecule has 0 amide bonds. The Morgan fingerprint density at radius 2 is 2.23 bits per heavy atom. The largest absolute Gasteiger partial charge is 0.505 e. The zero-order valence-corrected chi connectivity index (χ0v) is 6.50. The molecule has 0 saturated carbocycles. The highest BCUT2D eigenvalue weighted by molar-refractivity contribution is 5.87. The van der Waals surface area contributed by atoms with Gasteiger partial charge in [-0.25, -0.2) is 4.39 Å². The van der Waals surface area contributed by atoms with Crippen LogP contribution in [0, 0.1) is 17.1 Å². The Labute approximate surface area is 73.0 Å². The number of halogens is 1. The number of aromatic nitrogens is 1. The molecule has 13 heavy (non-hydrogen) atoms. The Kier molecular flexibility index (Phi) is 1.46. The number of H-pyrrole nitrogens is 1. The lowest BCUT2D eigenvalue weighted by molar-refractivity contribution is 0.436. The van der Waals surface area contributed by atoms with Crippen LogP contribution in [0.1, 0.15) is 5.56 Å². The lowest BCUT2D eigenvalue weighted by Crippen LogP contribution is -1.79. The van der Waals surface area contributed by atoms with E-state index in [1.54, 1.807) is 0 Å². The number of fused-ring (bicyclic) bond motifs is 1.